The van der Waals surface area contributed by atoms with Crippen LogP contribution in [0.3, 0.4) is 0 Å². The van der Waals surface area contributed by atoms with Gasteiger partial charge in [-0.25, -0.2) is 0 Å². The molecule has 3 aromatic rings. The number of unbranched alkanes of at least 4 members (excludes halogenated alkanes) is 1. The Hall–Kier alpha value is -1.31. The van der Waals surface area contributed by atoms with Crippen LogP contribution in [0.5, 0.6) is 5.75 Å². The molecule has 0 unspecified atom stereocenters. The first-order valence-corrected chi connectivity index (χ1v) is 10.5. The summed E-state index contributed by atoms with van der Waals surface area (Å²) in [6.45, 7) is 5.17. The molecule has 3 aromatic carbocycles. The molecule has 0 aliphatic heterocycles. The Morgan fingerprint density at radius 2 is 1.38 bits per heavy atom. The molecule has 0 aliphatic carbocycles. The van der Waals surface area contributed by atoms with Crippen LogP contribution in [0.25, 0.3) is 11.1 Å². The number of allylic oxidation sites excluding steroid dienone is 1. The van der Waals surface area contributed by atoms with E-state index in [0.717, 1.165) is 31.6 Å². The van der Waals surface area contributed by atoms with Gasteiger partial charge in [0, 0.05) is 0 Å². The number of ether oxygens (including phenoxy) is 1. The molecule has 0 fully saturated rings. The molecule has 1 nitrogen and oxygen atoms in total. The molecule has 0 saturated heterocycles. The van der Waals surface area contributed by atoms with E-state index in [1.165, 1.54) is 27.8 Å². The number of benzene rings is 3. The van der Waals surface area contributed by atoms with E-state index in [2.05, 4.69) is 86.6 Å². The third-order valence-corrected chi connectivity index (χ3v) is 4.69. The molecular formula is C26H27BF3KO. The molecule has 0 aliphatic rings. The van der Waals surface area contributed by atoms with E-state index in [1.54, 1.807) is 0 Å². The average Bonchev–Trinajstić information content (AvgIpc) is 2.79. The van der Waals surface area contributed by atoms with Crippen molar-refractivity contribution in [2.24, 2.45) is 0 Å². The van der Waals surface area contributed by atoms with E-state index < -0.39 is 7.54 Å². The smallest absolute Gasteiger partial charge is 0.494 e. The monoisotopic (exact) mass is 462 g/mol. The van der Waals surface area contributed by atoms with Gasteiger partial charge in [-0.2, -0.15) is 30.3 Å². The summed E-state index contributed by atoms with van der Waals surface area (Å²) < 4.78 is 34.8. The van der Waals surface area contributed by atoms with Gasteiger partial charge in [0.15, 0.2) is 0 Å². The minimum atomic E-state index is -3.67. The van der Waals surface area contributed by atoms with E-state index in [1.807, 2.05) is 12.1 Å². The fourth-order valence-corrected chi connectivity index (χ4v) is 3.29. The Kier molecular flexibility index (Phi) is 14.7. The van der Waals surface area contributed by atoms with Crippen molar-refractivity contribution in [1.29, 1.82) is 0 Å². The Morgan fingerprint density at radius 1 is 0.812 bits per heavy atom. The van der Waals surface area contributed by atoms with Gasteiger partial charge in [-0.05, 0) is 47.2 Å². The SMILES string of the molecule is CCCCOc1ccc(C(=C(CC)c2ccccc2)c2cc[c-]cc2)cc1.FB(F)F.[K+]. The quantitative estimate of drug-likeness (QED) is 0.200. The summed E-state index contributed by atoms with van der Waals surface area (Å²) in [7, 11) is -3.67. The van der Waals surface area contributed by atoms with Crippen molar-refractivity contribution in [2.45, 2.75) is 33.1 Å². The Balaban J connectivity index is 0.000000945. The van der Waals surface area contributed by atoms with Crippen LogP contribution in [0.15, 0.2) is 78.9 Å². The first-order chi connectivity index (χ1) is 15.1. The zero-order valence-electron chi connectivity index (χ0n) is 19.0. The van der Waals surface area contributed by atoms with E-state index in [4.69, 9.17) is 4.74 Å². The van der Waals surface area contributed by atoms with Crippen LogP contribution in [0.1, 0.15) is 49.8 Å². The molecular weight excluding hydrogens is 435 g/mol. The van der Waals surface area contributed by atoms with Crippen molar-refractivity contribution in [1.82, 2.24) is 0 Å². The van der Waals surface area contributed by atoms with E-state index in [0.29, 0.717) is 0 Å². The van der Waals surface area contributed by atoms with Gasteiger partial charge in [-0.15, -0.1) is 5.56 Å². The van der Waals surface area contributed by atoms with Crippen LogP contribution in [-0.4, -0.2) is 14.2 Å². The molecule has 0 heterocycles. The zero-order valence-corrected chi connectivity index (χ0v) is 22.1. The Morgan fingerprint density at radius 3 is 1.91 bits per heavy atom. The van der Waals surface area contributed by atoms with Crippen LogP contribution in [0, 0.1) is 6.07 Å². The minimum absolute atomic E-state index is 0. The largest absolute Gasteiger partial charge is 1.00 e. The summed E-state index contributed by atoms with van der Waals surface area (Å²) in [6.07, 6.45) is 3.20. The van der Waals surface area contributed by atoms with Crippen LogP contribution < -0.4 is 56.1 Å². The Labute approximate surface area is 232 Å². The van der Waals surface area contributed by atoms with Gasteiger partial charge in [0.05, 0.1) is 6.61 Å². The molecule has 32 heavy (non-hydrogen) atoms. The van der Waals surface area contributed by atoms with Gasteiger partial charge < -0.3 is 4.74 Å². The third kappa shape index (κ3) is 9.67. The van der Waals surface area contributed by atoms with Gasteiger partial charge >= 0.3 is 58.9 Å². The number of hydrogen-bond donors (Lipinski definition) is 0. The second-order valence-corrected chi connectivity index (χ2v) is 6.84. The van der Waals surface area contributed by atoms with E-state index >= 15 is 0 Å². The maximum Gasteiger partial charge on any atom is 1.00 e. The predicted octanol–water partition coefficient (Wildman–Crippen LogP) is 4.92. The normalized spacial score (nSPS) is 10.8. The molecule has 0 amide bonds. The molecule has 0 saturated carbocycles. The van der Waals surface area contributed by atoms with Crippen LogP contribution >= 0.6 is 0 Å². The van der Waals surface area contributed by atoms with Gasteiger partial charge in [-0.3, -0.25) is 12.9 Å². The molecule has 0 N–H and O–H groups in total. The van der Waals surface area contributed by atoms with Crippen molar-refractivity contribution >= 4 is 18.7 Å². The van der Waals surface area contributed by atoms with Crippen molar-refractivity contribution in [3.63, 3.8) is 0 Å². The minimum Gasteiger partial charge on any atom is -0.494 e. The molecule has 0 radical (unpaired) electrons. The van der Waals surface area contributed by atoms with Crippen LogP contribution in [0.2, 0.25) is 0 Å². The van der Waals surface area contributed by atoms with Gasteiger partial charge in [0.1, 0.15) is 5.75 Å². The molecule has 6 heteroatoms. The average molecular weight is 462 g/mol. The molecule has 3 rings (SSSR count). The summed E-state index contributed by atoms with van der Waals surface area (Å²) >= 11 is 0. The molecule has 0 spiro atoms. The van der Waals surface area contributed by atoms with Crippen LogP contribution in [0.4, 0.5) is 12.9 Å². The first kappa shape index (κ1) is 28.7. The van der Waals surface area contributed by atoms with Gasteiger partial charge in [0.25, 0.3) is 0 Å². The molecule has 0 atom stereocenters. The standard InChI is InChI=1S/C26H27O.BF3.K/c1-3-5-20-27-24-18-16-23(17-19-24)26(22-14-10-7-11-15-22)25(4-2)21-12-8-6-9-13-21;2-1(3)4;/h6,8-19H,3-5,20H2,1-2H3;;/q-1;;+1. The number of hydrogen-bond acceptors (Lipinski definition) is 1. The summed E-state index contributed by atoms with van der Waals surface area (Å²) in [6, 6.07) is 30.5. The predicted molar refractivity (Wildman–Crippen MR) is 124 cm³/mol. The summed E-state index contributed by atoms with van der Waals surface area (Å²) in [5.41, 5.74) is 6.32. The second-order valence-electron chi connectivity index (χ2n) is 6.84. The van der Waals surface area contributed by atoms with Gasteiger partial charge in [0.2, 0.25) is 0 Å². The van der Waals surface area contributed by atoms with Crippen molar-refractivity contribution < 1.29 is 69.1 Å². The maximum absolute atomic E-state index is 9.67. The van der Waals surface area contributed by atoms with Gasteiger partial charge in [-0.1, -0.05) is 62.7 Å². The maximum atomic E-state index is 9.67. The summed E-state index contributed by atoms with van der Waals surface area (Å²) in [5.74, 6) is 0.936. The second kappa shape index (κ2) is 16.3. The van der Waals surface area contributed by atoms with E-state index in [9.17, 15) is 12.9 Å². The molecule has 0 aromatic heterocycles. The Bertz CT molecular complexity index is 914. The fraction of sp³-hybridized carbons (Fsp3) is 0.231. The topological polar surface area (TPSA) is 9.23 Å². The van der Waals surface area contributed by atoms with Crippen molar-refractivity contribution in [3.8, 4) is 5.75 Å². The first-order valence-electron chi connectivity index (χ1n) is 10.5. The number of halogens is 3. The van der Waals surface area contributed by atoms with Crippen molar-refractivity contribution in [3.05, 3.63) is 102 Å². The summed E-state index contributed by atoms with van der Waals surface area (Å²) in [4.78, 5) is 0. The molecule has 162 valence electrons. The molecule has 0 bridgehead atoms. The van der Waals surface area contributed by atoms with Crippen LogP contribution in [-0.2, 0) is 0 Å². The zero-order chi connectivity index (χ0) is 22.5. The fourth-order valence-electron chi connectivity index (χ4n) is 3.29. The van der Waals surface area contributed by atoms with E-state index in [-0.39, 0.29) is 51.4 Å². The third-order valence-electron chi connectivity index (χ3n) is 4.69. The summed E-state index contributed by atoms with van der Waals surface area (Å²) in [5, 5.41) is 0. The van der Waals surface area contributed by atoms with Crippen molar-refractivity contribution in [2.75, 3.05) is 6.61 Å². The number of rotatable bonds is 8.